The zero-order valence-corrected chi connectivity index (χ0v) is 13.8. The fourth-order valence-corrected chi connectivity index (χ4v) is 4.49. The predicted molar refractivity (Wildman–Crippen MR) is 88.6 cm³/mol. The van der Waals surface area contributed by atoms with Crippen molar-refractivity contribution in [2.45, 2.75) is 31.3 Å². The van der Waals surface area contributed by atoms with Gasteiger partial charge < -0.3 is 10.6 Å². The van der Waals surface area contributed by atoms with Crippen LogP contribution in [0.2, 0.25) is 5.02 Å². The van der Waals surface area contributed by atoms with E-state index in [1.54, 1.807) is 0 Å². The van der Waals surface area contributed by atoms with Gasteiger partial charge in [-0.2, -0.15) is 0 Å². The molecular weight excluding hydrogens is 282 g/mol. The van der Waals surface area contributed by atoms with Crippen LogP contribution in [-0.4, -0.2) is 48.6 Å². The van der Waals surface area contributed by atoms with Gasteiger partial charge in [-0.15, -0.1) is 0 Å². The molecule has 1 aromatic carbocycles. The maximum Gasteiger partial charge on any atom is 0.0490 e. The third kappa shape index (κ3) is 2.61. The molecule has 3 fully saturated rings. The Labute approximate surface area is 133 Å². The maximum atomic E-state index is 6.28. The summed E-state index contributed by atoms with van der Waals surface area (Å²) in [6.45, 7) is 6.59. The predicted octanol–water partition coefficient (Wildman–Crippen LogP) is 2.76. The van der Waals surface area contributed by atoms with E-state index in [-0.39, 0.29) is 5.54 Å². The molecule has 4 rings (SSSR count). The molecule has 3 aliphatic rings. The first-order valence-corrected chi connectivity index (χ1v) is 8.35. The molecule has 3 heterocycles. The number of halogens is 1. The van der Waals surface area contributed by atoms with Crippen LogP contribution < -0.4 is 5.73 Å². The molecule has 2 unspecified atom stereocenters. The van der Waals surface area contributed by atoms with Gasteiger partial charge in [-0.3, -0.25) is 4.90 Å². The lowest BCUT2D eigenvalue weighted by molar-refractivity contribution is -0.0711. The lowest BCUT2D eigenvalue weighted by Gasteiger charge is -2.58. The number of likely N-dealkylation sites (N-methyl/N-ethyl adjacent to an activating group) is 1. The molecule has 21 heavy (non-hydrogen) atoms. The molecule has 0 saturated carbocycles. The summed E-state index contributed by atoms with van der Waals surface area (Å²) >= 11 is 6.16. The maximum absolute atomic E-state index is 6.28. The second-order valence-electron chi connectivity index (χ2n) is 6.70. The average molecular weight is 308 g/mol. The van der Waals surface area contributed by atoms with Gasteiger partial charge in [-0.05, 0) is 63.5 Å². The molecule has 1 aromatic rings. The van der Waals surface area contributed by atoms with Crippen molar-refractivity contribution in [2.75, 3.05) is 33.2 Å². The third-order valence-electron chi connectivity index (χ3n) is 5.81. The van der Waals surface area contributed by atoms with Crippen molar-refractivity contribution in [1.82, 2.24) is 9.80 Å². The minimum atomic E-state index is 0.109. The van der Waals surface area contributed by atoms with E-state index in [0.29, 0.717) is 6.04 Å². The number of hydrogen-bond donors (Lipinski definition) is 1. The number of benzene rings is 1. The molecule has 2 bridgehead atoms. The first-order valence-electron chi connectivity index (χ1n) is 7.97. The van der Waals surface area contributed by atoms with E-state index in [0.717, 1.165) is 24.0 Å². The average Bonchev–Trinajstić information content (AvgIpc) is 2.54. The highest BCUT2D eigenvalue weighted by Gasteiger charge is 2.49. The topological polar surface area (TPSA) is 32.5 Å². The molecule has 4 heteroatoms. The highest BCUT2D eigenvalue weighted by molar-refractivity contribution is 6.30. The van der Waals surface area contributed by atoms with E-state index in [4.69, 9.17) is 17.3 Å². The normalized spacial score (nSPS) is 33.4. The summed E-state index contributed by atoms with van der Waals surface area (Å²) in [4.78, 5) is 5.09. The zero-order chi connectivity index (χ0) is 15.0. The molecule has 3 aliphatic heterocycles. The van der Waals surface area contributed by atoms with Crippen LogP contribution in [0.4, 0.5) is 0 Å². The Balaban J connectivity index is 1.87. The molecule has 0 amide bonds. The van der Waals surface area contributed by atoms with Crippen LogP contribution in [0.15, 0.2) is 24.3 Å². The Morgan fingerprint density at radius 2 is 2.14 bits per heavy atom. The van der Waals surface area contributed by atoms with Crippen LogP contribution in [0.5, 0.6) is 0 Å². The first-order chi connectivity index (χ1) is 10.1. The Hall–Kier alpha value is -0.610. The van der Waals surface area contributed by atoms with E-state index in [1.165, 1.54) is 31.5 Å². The molecule has 116 valence electrons. The second-order valence-corrected chi connectivity index (χ2v) is 7.14. The van der Waals surface area contributed by atoms with Crippen LogP contribution >= 0.6 is 11.6 Å². The van der Waals surface area contributed by atoms with Gasteiger partial charge >= 0.3 is 0 Å². The number of hydrogen-bond acceptors (Lipinski definition) is 3. The van der Waals surface area contributed by atoms with Crippen LogP contribution in [0.25, 0.3) is 0 Å². The fraction of sp³-hybridized carbons (Fsp3) is 0.647. The van der Waals surface area contributed by atoms with Crippen molar-refractivity contribution in [3.8, 4) is 0 Å². The summed E-state index contributed by atoms with van der Waals surface area (Å²) in [5, 5.41) is 0.809. The Bertz CT molecular complexity index is 499. The van der Waals surface area contributed by atoms with Gasteiger partial charge in [0.2, 0.25) is 0 Å². The number of fused-ring (bicyclic) bond motifs is 3. The zero-order valence-electron chi connectivity index (χ0n) is 13.1. The minimum absolute atomic E-state index is 0.109. The van der Waals surface area contributed by atoms with Crippen LogP contribution in [0.3, 0.4) is 0 Å². The van der Waals surface area contributed by atoms with Gasteiger partial charge in [0, 0.05) is 29.7 Å². The number of piperidine rings is 3. The highest BCUT2D eigenvalue weighted by atomic mass is 35.5. The highest BCUT2D eigenvalue weighted by Crippen LogP contribution is 2.41. The summed E-state index contributed by atoms with van der Waals surface area (Å²) in [5.74, 6) is 0.721. The van der Waals surface area contributed by atoms with Crippen molar-refractivity contribution in [1.29, 1.82) is 0 Å². The van der Waals surface area contributed by atoms with Crippen LogP contribution in [-0.2, 0) is 0 Å². The standard InChI is InChI=1S/C17H26ClN3/c1-13(14-4-3-5-16(18)10-14)20(2)17(11-19)12-21-8-6-15(17)7-9-21/h3-5,10,13,15H,6-9,11-12,19H2,1-2H3. The van der Waals surface area contributed by atoms with Gasteiger partial charge in [0.05, 0.1) is 0 Å². The van der Waals surface area contributed by atoms with Crippen molar-refractivity contribution in [3.63, 3.8) is 0 Å². The van der Waals surface area contributed by atoms with Crippen molar-refractivity contribution >= 4 is 11.6 Å². The summed E-state index contributed by atoms with van der Waals surface area (Å²) in [5.41, 5.74) is 7.66. The Morgan fingerprint density at radius 1 is 1.43 bits per heavy atom. The van der Waals surface area contributed by atoms with Gasteiger partial charge in [-0.1, -0.05) is 23.7 Å². The lowest BCUT2D eigenvalue weighted by Crippen LogP contribution is -2.69. The van der Waals surface area contributed by atoms with Gasteiger partial charge in [0.15, 0.2) is 0 Å². The van der Waals surface area contributed by atoms with E-state index < -0.39 is 0 Å². The molecule has 0 spiro atoms. The summed E-state index contributed by atoms with van der Waals surface area (Å²) in [6, 6.07) is 8.54. The minimum Gasteiger partial charge on any atom is -0.329 e. The molecule has 0 radical (unpaired) electrons. The van der Waals surface area contributed by atoms with Gasteiger partial charge in [-0.25, -0.2) is 0 Å². The smallest absolute Gasteiger partial charge is 0.0490 e. The molecule has 0 aliphatic carbocycles. The summed E-state index contributed by atoms with van der Waals surface area (Å²) in [7, 11) is 2.24. The quantitative estimate of drug-likeness (QED) is 0.928. The number of nitrogens with zero attached hydrogens (tertiary/aromatic N) is 2. The number of nitrogens with two attached hydrogens (primary N) is 1. The summed E-state index contributed by atoms with van der Waals surface area (Å²) < 4.78 is 0. The number of rotatable bonds is 4. The molecule has 3 saturated heterocycles. The fourth-order valence-electron chi connectivity index (χ4n) is 4.30. The SMILES string of the molecule is CC(c1cccc(Cl)c1)N(C)C1(CN)CN2CCC1CC2. The summed E-state index contributed by atoms with van der Waals surface area (Å²) in [6.07, 6.45) is 2.56. The van der Waals surface area contributed by atoms with Gasteiger partial charge in [0.25, 0.3) is 0 Å². The van der Waals surface area contributed by atoms with E-state index >= 15 is 0 Å². The van der Waals surface area contributed by atoms with Gasteiger partial charge in [0.1, 0.15) is 0 Å². The molecule has 2 N–H and O–H groups in total. The van der Waals surface area contributed by atoms with E-state index in [1.807, 2.05) is 12.1 Å². The van der Waals surface area contributed by atoms with E-state index in [9.17, 15) is 0 Å². The molecule has 2 atom stereocenters. The van der Waals surface area contributed by atoms with Crippen molar-refractivity contribution < 1.29 is 0 Å². The Morgan fingerprint density at radius 3 is 2.67 bits per heavy atom. The van der Waals surface area contributed by atoms with Crippen molar-refractivity contribution in [3.05, 3.63) is 34.9 Å². The molecule has 3 nitrogen and oxygen atoms in total. The van der Waals surface area contributed by atoms with Crippen LogP contribution in [0, 0.1) is 5.92 Å². The van der Waals surface area contributed by atoms with Crippen LogP contribution in [0.1, 0.15) is 31.4 Å². The Kier molecular flexibility index (Phi) is 4.28. The monoisotopic (exact) mass is 307 g/mol. The lowest BCUT2D eigenvalue weighted by atomic mass is 9.71. The largest absolute Gasteiger partial charge is 0.329 e. The van der Waals surface area contributed by atoms with Crippen molar-refractivity contribution in [2.24, 2.45) is 11.7 Å². The van der Waals surface area contributed by atoms with E-state index in [2.05, 4.69) is 35.9 Å². The second kappa shape index (κ2) is 5.88. The first kappa shape index (κ1) is 15.3. The molecular formula is C17H26ClN3. The molecule has 0 aromatic heterocycles. The third-order valence-corrected chi connectivity index (χ3v) is 6.05.